The molecule has 1 rings (SSSR count). The van der Waals surface area contributed by atoms with Crippen molar-refractivity contribution in [3.05, 3.63) is 35.9 Å². The molecule has 0 radical (unpaired) electrons. The fourth-order valence-electron chi connectivity index (χ4n) is 1.00. The first-order valence-electron chi connectivity index (χ1n) is 4.09. The van der Waals surface area contributed by atoms with Gasteiger partial charge in [0.1, 0.15) is 5.54 Å². The Bertz CT molecular complexity index is 298. The van der Waals surface area contributed by atoms with E-state index in [0.717, 1.165) is 0 Å². The smallest absolute Gasteiger partial charge is 0.184 e. The zero-order chi connectivity index (χ0) is 9.90. The van der Waals surface area contributed by atoms with Crippen molar-refractivity contribution in [3.63, 3.8) is 0 Å². The largest absolute Gasteiger partial charge is 0.316 e. The molecular formula is C10H14ClNO2. The maximum atomic E-state index is 11.7. The zero-order valence-electron chi connectivity index (χ0n) is 8.15. The van der Waals surface area contributed by atoms with E-state index in [2.05, 4.69) is 0 Å². The van der Waals surface area contributed by atoms with Crippen LogP contribution in [0.3, 0.4) is 0 Å². The molecule has 0 atom stereocenters. The summed E-state index contributed by atoms with van der Waals surface area (Å²) < 4.78 is 0. The van der Waals surface area contributed by atoms with Gasteiger partial charge in [-0.15, -0.1) is 12.4 Å². The van der Waals surface area contributed by atoms with Crippen molar-refractivity contribution < 1.29 is 10.0 Å². The summed E-state index contributed by atoms with van der Waals surface area (Å²) in [4.78, 5) is 11.7. The fraction of sp³-hybridized carbons (Fsp3) is 0.300. The van der Waals surface area contributed by atoms with Crippen LogP contribution in [0.4, 0.5) is 0 Å². The number of carbonyl (C=O) groups excluding carboxylic acids is 1. The summed E-state index contributed by atoms with van der Waals surface area (Å²) in [5.74, 6) is -0.129. The van der Waals surface area contributed by atoms with Gasteiger partial charge in [0.2, 0.25) is 0 Å². The molecule has 0 saturated heterocycles. The highest BCUT2D eigenvalue weighted by Gasteiger charge is 2.27. The number of benzene rings is 1. The van der Waals surface area contributed by atoms with Gasteiger partial charge in [-0.25, -0.2) is 0 Å². The van der Waals surface area contributed by atoms with Crippen LogP contribution in [0.25, 0.3) is 0 Å². The van der Waals surface area contributed by atoms with E-state index in [0.29, 0.717) is 5.56 Å². The molecule has 0 spiro atoms. The zero-order valence-corrected chi connectivity index (χ0v) is 8.97. The summed E-state index contributed by atoms with van der Waals surface area (Å²) in [7, 11) is 0. The summed E-state index contributed by atoms with van der Waals surface area (Å²) in [6, 6.07) is 8.88. The number of Topliss-reactive ketones (excluding diaryl/α,β-unsaturated/α-hetero) is 1. The summed E-state index contributed by atoms with van der Waals surface area (Å²) in [6.45, 7) is 3.25. The number of carbonyl (C=O) groups is 1. The van der Waals surface area contributed by atoms with Crippen molar-refractivity contribution in [2.45, 2.75) is 19.4 Å². The predicted molar refractivity (Wildman–Crippen MR) is 57.0 cm³/mol. The molecule has 0 aliphatic carbocycles. The van der Waals surface area contributed by atoms with Gasteiger partial charge in [0, 0.05) is 5.56 Å². The number of hydrogen-bond acceptors (Lipinski definition) is 3. The molecule has 0 fully saturated rings. The number of nitrogens with one attached hydrogen (secondary N) is 1. The van der Waals surface area contributed by atoms with Crippen LogP contribution in [0.1, 0.15) is 24.2 Å². The monoisotopic (exact) mass is 215 g/mol. The van der Waals surface area contributed by atoms with Crippen LogP contribution in [0, 0.1) is 0 Å². The molecule has 2 N–H and O–H groups in total. The van der Waals surface area contributed by atoms with E-state index < -0.39 is 5.54 Å². The van der Waals surface area contributed by atoms with Crippen molar-refractivity contribution in [3.8, 4) is 0 Å². The molecule has 0 saturated carbocycles. The number of hydroxylamine groups is 1. The number of hydrogen-bond donors (Lipinski definition) is 2. The quantitative estimate of drug-likeness (QED) is 0.599. The Hall–Kier alpha value is -0.900. The first-order valence-corrected chi connectivity index (χ1v) is 4.09. The fourth-order valence-corrected chi connectivity index (χ4v) is 1.00. The summed E-state index contributed by atoms with van der Waals surface area (Å²) in [5, 5.41) is 8.75. The van der Waals surface area contributed by atoms with Crippen LogP contribution < -0.4 is 5.48 Å². The Balaban J connectivity index is 0.00000169. The average molecular weight is 216 g/mol. The second-order valence-electron chi connectivity index (χ2n) is 3.43. The van der Waals surface area contributed by atoms with Crippen LogP contribution in [0.2, 0.25) is 0 Å². The topological polar surface area (TPSA) is 49.3 Å². The first-order chi connectivity index (χ1) is 6.08. The molecular weight excluding hydrogens is 202 g/mol. The third-order valence-corrected chi connectivity index (χ3v) is 1.88. The van der Waals surface area contributed by atoms with E-state index in [1.807, 2.05) is 11.5 Å². The lowest BCUT2D eigenvalue weighted by Gasteiger charge is -2.20. The third kappa shape index (κ3) is 2.80. The molecule has 1 aromatic carbocycles. The minimum atomic E-state index is -0.929. The van der Waals surface area contributed by atoms with Crippen molar-refractivity contribution in [1.29, 1.82) is 0 Å². The Labute approximate surface area is 89.5 Å². The van der Waals surface area contributed by atoms with E-state index >= 15 is 0 Å². The molecule has 1 aromatic rings. The summed E-state index contributed by atoms with van der Waals surface area (Å²) >= 11 is 0. The van der Waals surface area contributed by atoms with Crippen molar-refractivity contribution in [2.24, 2.45) is 0 Å². The highest BCUT2D eigenvalue weighted by atomic mass is 35.5. The van der Waals surface area contributed by atoms with Gasteiger partial charge in [-0.05, 0) is 13.8 Å². The molecule has 0 aromatic heterocycles. The van der Waals surface area contributed by atoms with Gasteiger partial charge >= 0.3 is 0 Å². The highest BCUT2D eigenvalue weighted by molar-refractivity contribution is 6.02. The minimum absolute atomic E-state index is 0. The molecule has 4 heteroatoms. The number of halogens is 1. The maximum absolute atomic E-state index is 11.7. The van der Waals surface area contributed by atoms with Gasteiger partial charge in [-0.2, -0.15) is 5.48 Å². The Morgan fingerprint density at radius 3 is 2.21 bits per heavy atom. The van der Waals surface area contributed by atoms with E-state index in [4.69, 9.17) is 5.21 Å². The Morgan fingerprint density at radius 1 is 1.29 bits per heavy atom. The molecule has 0 bridgehead atoms. The molecule has 78 valence electrons. The standard InChI is InChI=1S/C10H13NO2.ClH/c1-10(2,11-13)9(12)8-6-4-3-5-7-8;/h3-7,11,13H,1-2H3;1H. The van der Waals surface area contributed by atoms with Gasteiger partial charge in [0.05, 0.1) is 0 Å². The summed E-state index contributed by atoms with van der Waals surface area (Å²) in [6.07, 6.45) is 0. The molecule has 14 heavy (non-hydrogen) atoms. The molecule has 0 aliphatic heterocycles. The number of rotatable bonds is 3. The molecule has 0 amide bonds. The van der Waals surface area contributed by atoms with Crippen LogP contribution >= 0.6 is 12.4 Å². The third-order valence-electron chi connectivity index (χ3n) is 1.88. The lowest BCUT2D eigenvalue weighted by molar-refractivity contribution is 0.0569. The van der Waals surface area contributed by atoms with E-state index in [1.165, 1.54) is 0 Å². The first kappa shape index (κ1) is 13.1. The van der Waals surface area contributed by atoms with Crippen LogP contribution in [0.5, 0.6) is 0 Å². The maximum Gasteiger partial charge on any atom is 0.184 e. The van der Waals surface area contributed by atoms with Gasteiger partial charge in [0.15, 0.2) is 5.78 Å². The highest BCUT2D eigenvalue weighted by Crippen LogP contribution is 2.11. The predicted octanol–water partition coefficient (Wildman–Crippen LogP) is 2.05. The second kappa shape index (κ2) is 5.10. The van der Waals surface area contributed by atoms with Gasteiger partial charge in [0.25, 0.3) is 0 Å². The van der Waals surface area contributed by atoms with E-state index in [1.54, 1.807) is 38.1 Å². The van der Waals surface area contributed by atoms with Crippen LogP contribution in [0.15, 0.2) is 30.3 Å². The lowest BCUT2D eigenvalue weighted by Crippen LogP contribution is -2.44. The number of ketones is 1. The second-order valence-corrected chi connectivity index (χ2v) is 3.43. The van der Waals surface area contributed by atoms with Crippen LogP contribution in [-0.2, 0) is 0 Å². The lowest BCUT2D eigenvalue weighted by atomic mass is 9.94. The van der Waals surface area contributed by atoms with E-state index in [-0.39, 0.29) is 18.2 Å². The molecule has 0 heterocycles. The van der Waals surface area contributed by atoms with E-state index in [9.17, 15) is 4.79 Å². The van der Waals surface area contributed by atoms with Crippen molar-refractivity contribution in [1.82, 2.24) is 5.48 Å². The van der Waals surface area contributed by atoms with Crippen LogP contribution in [-0.4, -0.2) is 16.5 Å². The Morgan fingerprint density at radius 2 is 1.79 bits per heavy atom. The summed E-state index contributed by atoms with van der Waals surface area (Å²) in [5.41, 5.74) is 1.65. The normalized spacial score (nSPS) is 10.5. The molecule has 3 nitrogen and oxygen atoms in total. The van der Waals surface area contributed by atoms with Crippen molar-refractivity contribution in [2.75, 3.05) is 0 Å². The Kier molecular flexibility index (Phi) is 4.77. The van der Waals surface area contributed by atoms with Gasteiger partial charge in [-0.1, -0.05) is 30.3 Å². The molecule has 0 aliphatic rings. The average Bonchev–Trinajstić information content (AvgIpc) is 2.18. The van der Waals surface area contributed by atoms with Gasteiger partial charge < -0.3 is 5.21 Å². The minimum Gasteiger partial charge on any atom is -0.316 e. The SMILES string of the molecule is CC(C)(NO)C(=O)c1ccccc1.Cl. The van der Waals surface area contributed by atoms with Crippen molar-refractivity contribution >= 4 is 18.2 Å². The van der Waals surface area contributed by atoms with Gasteiger partial charge in [-0.3, -0.25) is 4.79 Å². The molecule has 0 unspecified atom stereocenters.